The van der Waals surface area contributed by atoms with Crippen molar-refractivity contribution < 1.29 is 9.18 Å². The Morgan fingerprint density at radius 3 is 2.61 bits per heavy atom. The van der Waals surface area contributed by atoms with Crippen LogP contribution in [0.15, 0.2) is 69.5 Å². The number of rotatable bonds is 6. The number of thioether (sulfide) groups is 1. The molecule has 166 valence electrons. The topological polar surface area (TPSA) is 130 Å². The van der Waals surface area contributed by atoms with Gasteiger partial charge in [-0.25, -0.2) is 9.18 Å². The van der Waals surface area contributed by atoms with Gasteiger partial charge < -0.3 is 14.9 Å². The van der Waals surface area contributed by atoms with Gasteiger partial charge in [-0.05, 0) is 18.2 Å². The number of halogens is 1. The molecule has 0 unspecified atom stereocenters. The number of fused-ring (bicyclic) bond motifs is 3. The van der Waals surface area contributed by atoms with E-state index >= 15 is 0 Å². The van der Waals surface area contributed by atoms with E-state index in [4.69, 9.17) is 0 Å². The average Bonchev–Trinajstić information content (AvgIpc) is 3.35. The standard InChI is InChI=1S/C21H16FN7O3S/c22-13-6-2-1-5-12(13)10-28-15-7-3-4-8-16(15)29-20(28)26-27-21(29)33-11-17(30)24-14-9-23-19(32)25-18(14)31/h1-9H,10-11H2,(H,24,30)(H2,23,25,31,32). The summed E-state index contributed by atoms with van der Waals surface area (Å²) in [4.78, 5) is 39.5. The molecule has 0 fully saturated rings. The molecule has 0 aliphatic rings. The monoisotopic (exact) mass is 465 g/mol. The Kier molecular flexibility index (Phi) is 5.26. The Morgan fingerprint density at radius 1 is 1.06 bits per heavy atom. The highest BCUT2D eigenvalue weighted by atomic mass is 32.2. The third kappa shape index (κ3) is 3.91. The van der Waals surface area contributed by atoms with Crippen molar-refractivity contribution in [1.29, 1.82) is 0 Å². The van der Waals surface area contributed by atoms with Crippen molar-refractivity contribution in [3.8, 4) is 0 Å². The van der Waals surface area contributed by atoms with Crippen molar-refractivity contribution in [3.05, 3.63) is 86.9 Å². The predicted octanol–water partition coefficient (Wildman–Crippen LogP) is 1.98. The van der Waals surface area contributed by atoms with Gasteiger partial charge in [0.1, 0.15) is 11.5 Å². The second-order valence-corrected chi connectivity index (χ2v) is 8.05. The number of aromatic nitrogens is 6. The molecule has 1 amide bonds. The quantitative estimate of drug-likeness (QED) is 0.329. The number of anilines is 1. The number of H-pyrrole nitrogens is 2. The molecule has 0 aliphatic heterocycles. The summed E-state index contributed by atoms with van der Waals surface area (Å²) in [6.07, 6.45) is 1.13. The summed E-state index contributed by atoms with van der Waals surface area (Å²) in [5.41, 5.74) is 0.755. The van der Waals surface area contributed by atoms with Crippen molar-refractivity contribution >= 4 is 40.2 Å². The second kappa shape index (κ2) is 8.39. The van der Waals surface area contributed by atoms with Gasteiger partial charge in [0.15, 0.2) is 5.16 Å². The maximum Gasteiger partial charge on any atom is 0.325 e. The molecule has 33 heavy (non-hydrogen) atoms. The first kappa shape index (κ1) is 20.7. The minimum atomic E-state index is -0.696. The number of aromatic amines is 2. The van der Waals surface area contributed by atoms with Crippen LogP contribution >= 0.6 is 11.8 Å². The SMILES string of the molecule is O=C(CSc1nnc2n(Cc3ccccc3F)c3ccccc3n12)Nc1c[nH]c(=O)[nH]c1=O. The molecule has 0 saturated carbocycles. The van der Waals surface area contributed by atoms with E-state index in [0.29, 0.717) is 16.5 Å². The van der Waals surface area contributed by atoms with Crippen LogP contribution in [-0.2, 0) is 11.3 Å². The largest absolute Gasteiger partial charge is 0.325 e. The van der Waals surface area contributed by atoms with Gasteiger partial charge >= 0.3 is 5.69 Å². The van der Waals surface area contributed by atoms with Crippen molar-refractivity contribution in [2.45, 2.75) is 11.7 Å². The predicted molar refractivity (Wildman–Crippen MR) is 121 cm³/mol. The molecule has 5 aromatic rings. The molecular weight excluding hydrogens is 449 g/mol. The van der Waals surface area contributed by atoms with Gasteiger partial charge in [0, 0.05) is 11.8 Å². The van der Waals surface area contributed by atoms with Gasteiger partial charge in [-0.1, -0.05) is 42.1 Å². The van der Waals surface area contributed by atoms with Crippen LogP contribution in [0.2, 0.25) is 0 Å². The molecule has 3 heterocycles. The smallest absolute Gasteiger partial charge is 0.320 e. The number of benzene rings is 2. The van der Waals surface area contributed by atoms with Crippen molar-refractivity contribution in [3.63, 3.8) is 0 Å². The van der Waals surface area contributed by atoms with Crippen LogP contribution < -0.4 is 16.6 Å². The number of carbonyl (C=O) groups excluding carboxylic acids is 1. The van der Waals surface area contributed by atoms with E-state index in [1.807, 2.05) is 33.8 Å². The lowest BCUT2D eigenvalue weighted by molar-refractivity contribution is -0.113. The van der Waals surface area contributed by atoms with Crippen LogP contribution in [0.5, 0.6) is 0 Å². The lowest BCUT2D eigenvalue weighted by Crippen LogP contribution is -2.27. The number of nitrogens with zero attached hydrogens (tertiary/aromatic N) is 4. The fourth-order valence-corrected chi connectivity index (χ4v) is 4.24. The number of hydrogen-bond donors (Lipinski definition) is 3. The molecule has 0 spiro atoms. The summed E-state index contributed by atoms with van der Waals surface area (Å²) < 4.78 is 17.9. The molecule has 0 radical (unpaired) electrons. The minimum absolute atomic E-state index is 0.0494. The fourth-order valence-electron chi connectivity index (χ4n) is 3.50. The number of hydrogen-bond acceptors (Lipinski definition) is 6. The zero-order chi connectivity index (χ0) is 22.9. The molecule has 0 aliphatic carbocycles. The normalized spacial score (nSPS) is 11.3. The molecule has 3 N–H and O–H groups in total. The number of nitrogens with one attached hydrogen (secondary N) is 3. The molecule has 3 aromatic heterocycles. The van der Waals surface area contributed by atoms with E-state index in [1.54, 1.807) is 22.6 Å². The average molecular weight is 465 g/mol. The minimum Gasteiger partial charge on any atom is -0.320 e. The Hall–Kier alpha value is -4.19. The number of imidazole rings is 1. The van der Waals surface area contributed by atoms with Crippen LogP contribution in [0.3, 0.4) is 0 Å². The lowest BCUT2D eigenvalue weighted by atomic mass is 10.2. The van der Waals surface area contributed by atoms with E-state index in [0.717, 1.165) is 29.0 Å². The van der Waals surface area contributed by atoms with Crippen LogP contribution in [0, 0.1) is 5.82 Å². The number of para-hydroxylation sites is 2. The molecule has 10 nitrogen and oxygen atoms in total. The Balaban J connectivity index is 1.44. The zero-order valence-electron chi connectivity index (χ0n) is 16.9. The van der Waals surface area contributed by atoms with Gasteiger partial charge in [0.2, 0.25) is 11.7 Å². The third-order valence-electron chi connectivity index (χ3n) is 4.98. The van der Waals surface area contributed by atoms with E-state index in [9.17, 15) is 18.8 Å². The van der Waals surface area contributed by atoms with Crippen LogP contribution in [0.25, 0.3) is 16.8 Å². The molecule has 12 heteroatoms. The van der Waals surface area contributed by atoms with Gasteiger partial charge in [-0.3, -0.25) is 19.0 Å². The Bertz CT molecular complexity index is 1620. The van der Waals surface area contributed by atoms with E-state index < -0.39 is 17.2 Å². The fraction of sp³-hybridized carbons (Fsp3) is 0.0952. The Labute approximate surface area is 188 Å². The third-order valence-corrected chi connectivity index (χ3v) is 5.91. The summed E-state index contributed by atoms with van der Waals surface area (Å²) in [6, 6.07) is 14.1. The molecule has 2 aromatic carbocycles. The van der Waals surface area contributed by atoms with E-state index in [2.05, 4.69) is 20.5 Å². The van der Waals surface area contributed by atoms with Crippen LogP contribution in [0.4, 0.5) is 10.1 Å². The highest BCUT2D eigenvalue weighted by molar-refractivity contribution is 7.99. The summed E-state index contributed by atoms with van der Waals surface area (Å²) >= 11 is 1.14. The first-order chi connectivity index (χ1) is 16.0. The highest BCUT2D eigenvalue weighted by Crippen LogP contribution is 2.27. The first-order valence-electron chi connectivity index (χ1n) is 9.81. The lowest BCUT2D eigenvalue weighted by Gasteiger charge is -2.06. The summed E-state index contributed by atoms with van der Waals surface area (Å²) in [5.74, 6) is -0.299. The molecule has 0 atom stereocenters. The van der Waals surface area contributed by atoms with Crippen molar-refractivity contribution in [2.75, 3.05) is 11.1 Å². The molecule has 5 rings (SSSR count). The maximum absolute atomic E-state index is 14.3. The maximum atomic E-state index is 14.3. The van der Waals surface area contributed by atoms with Crippen molar-refractivity contribution in [1.82, 2.24) is 29.1 Å². The summed E-state index contributed by atoms with van der Waals surface area (Å²) in [5, 5.41) is 11.4. The first-order valence-corrected chi connectivity index (χ1v) is 10.8. The van der Waals surface area contributed by atoms with Gasteiger partial charge in [-0.15, -0.1) is 10.2 Å². The van der Waals surface area contributed by atoms with Crippen molar-refractivity contribution in [2.24, 2.45) is 0 Å². The van der Waals surface area contributed by atoms with Crippen LogP contribution in [-0.4, -0.2) is 40.8 Å². The van der Waals surface area contributed by atoms with Gasteiger partial charge in [0.25, 0.3) is 5.56 Å². The molecule has 0 saturated heterocycles. The Morgan fingerprint density at radius 2 is 1.82 bits per heavy atom. The molecular formula is C21H16FN7O3S. The zero-order valence-corrected chi connectivity index (χ0v) is 17.7. The van der Waals surface area contributed by atoms with Crippen LogP contribution in [0.1, 0.15) is 5.56 Å². The summed E-state index contributed by atoms with van der Waals surface area (Å²) in [6.45, 7) is 0.266. The number of amides is 1. The highest BCUT2D eigenvalue weighted by Gasteiger charge is 2.19. The van der Waals surface area contributed by atoms with Gasteiger partial charge in [-0.2, -0.15) is 0 Å². The molecule has 0 bridgehead atoms. The number of carbonyl (C=O) groups is 1. The summed E-state index contributed by atoms with van der Waals surface area (Å²) in [7, 11) is 0. The second-order valence-electron chi connectivity index (χ2n) is 7.11. The van der Waals surface area contributed by atoms with Gasteiger partial charge in [0.05, 0.1) is 23.3 Å². The van der Waals surface area contributed by atoms with E-state index in [-0.39, 0.29) is 23.8 Å². The van der Waals surface area contributed by atoms with E-state index in [1.165, 1.54) is 6.07 Å².